The molecule has 0 radical (unpaired) electrons. The van der Waals surface area contributed by atoms with E-state index in [0.717, 1.165) is 20.8 Å². The Morgan fingerprint density at radius 3 is 2.61 bits per heavy atom. The molecule has 0 aliphatic carbocycles. The van der Waals surface area contributed by atoms with Gasteiger partial charge in [0.2, 0.25) is 0 Å². The summed E-state index contributed by atoms with van der Waals surface area (Å²) < 4.78 is 23.5. The molecule has 0 aliphatic heterocycles. The molecule has 8 heteroatoms. The van der Waals surface area contributed by atoms with E-state index in [2.05, 4.69) is 50.7 Å². The summed E-state index contributed by atoms with van der Waals surface area (Å²) in [7, 11) is 1.58. The van der Waals surface area contributed by atoms with Crippen molar-refractivity contribution in [3.05, 3.63) is 100 Å². The van der Waals surface area contributed by atoms with E-state index in [9.17, 15) is 4.79 Å². The number of rotatable bonds is 9. The molecule has 1 amide bonds. The quantitative estimate of drug-likeness (QED) is 0.150. The van der Waals surface area contributed by atoms with Gasteiger partial charge < -0.3 is 18.6 Å². The fraction of sp³-hybridized carbons (Fsp3) is 0.133. The molecule has 0 unspecified atom stereocenters. The Hall–Kier alpha value is -4.30. The normalized spacial score (nSPS) is 11.2. The maximum atomic E-state index is 12.6. The van der Waals surface area contributed by atoms with E-state index in [1.54, 1.807) is 31.4 Å². The number of hydrogen-bond donors (Lipinski definition) is 1. The Kier molecular flexibility index (Phi) is 7.60. The van der Waals surface area contributed by atoms with Gasteiger partial charge >= 0.3 is 5.91 Å². The first kappa shape index (κ1) is 25.4. The van der Waals surface area contributed by atoms with Gasteiger partial charge in [0.15, 0.2) is 17.3 Å². The molecule has 0 saturated heterocycles. The number of ether oxygens (including phenoxy) is 3. The summed E-state index contributed by atoms with van der Waals surface area (Å²) in [5.74, 6) is 1.54. The molecule has 38 heavy (non-hydrogen) atoms. The largest absolute Gasteiger partial charge is 0.494 e. The van der Waals surface area contributed by atoms with E-state index in [1.807, 2.05) is 37.3 Å². The number of hydrogen-bond acceptors (Lipinski definition) is 6. The standard InChI is InChI=1S/C30H25BrN2O5/c1-3-36-24-10-11-26-22(13-24)14-29(38-26)30(34)33-32-17-23-15-27(35-2)28(16-25(23)31)37-18-19-8-9-20-6-4-5-7-21(20)12-19/h4-17H,3,18H2,1-2H3,(H,33,34)/b32-17+. The third kappa shape index (κ3) is 5.65. The molecule has 1 heterocycles. The third-order valence-electron chi connectivity index (χ3n) is 5.88. The molecule has 5 aromatic rings. The van der Waals surface area contributed by atoms with Crippen LogP contribution in [0.1, 0.15) is 28.6 Å². The minimum absolute atomic E-state index is 0.153. The summed E-state index contributed by atoms with van der Waals surface area (Å²) in [6, 6.07) is 25.1. The predicted octanol–water partition coefficient (Wildman–Crippen LogP) is 7.10. The van der Waals surface area contributed by atoms with Gasteiger partial charge in [0.05, 0.1) is 19.9 Å². The Balaban J connectivity index is 1.25. The van der Waals surface area contributed by atoms with Crippen LogP contribution in [-0.4, -0.2) is 25.8 Å². The van der Waals surface area contributed by atoms with Crippen molar-refractivity contribution < 1.29 is 23.4 Å². The number of nitrogens with zero attached hydrogens (tertiary/aromatic N) is 1. The van der Waals surface area contributed by atoms with Gasteiger partial charge in [0, 0.05) is 15.4 Å². The molecular formula is C30H25BrN2O5. The molecule has 7 nitrogen and oxygen atoms in total. The number of carbonyl (C=O) groups is 1. The number of halogens is 1. The van der Waals surface area contributed by atoms with Crippen molar-refractivity contribution in [3.63, 3.8) is 0 Å². The van der Waals surface area contributed by atoms with Crippen LogP contribution in [0.5, 0.6) is 17.2 Å². The summed E-state index contributed by atoms with van der Waals surface area (Å²) in [4.78, 5) is 12.6. The molecular weight excluding hydrogens is 548 g/mol. The van der Waals surface area contributed by atoms with Gasteiger partial charge in [-0.3, -0.25) is 4.79 Å². The molecule has 0 bridgehead atoms. The number of carbonyl (C=O) groups excluding carboxylic acids is 1. The minimum atomic E-state index is -0.464. The van der Waals surface area contributed by atoms with Crippen LogP contribution in [0, 0.1) is 0 Å². The van der Waals surface area contributed by atoms with E-state index >= 15 is 0 Å². The van der Waals surface area contributed by atoms with Crippen LogP contribution >= 0.6 is 15.9 Å². The highest BCUT2D eigenvalue weighted by molar-refractivity contribution is 9.10. The number of nitrogens with one attached hydrogen (secondary N) is 1. The zero-order chi connectivity index (χ0) is 26.5. The highest BCUT2D eigenvalue weighted by Crippen LogP contribution is 2.33. The Morgan fingerprint density at radius 2 is 1.79 bits per heavy atom. The van der Waals surface area contributed by atoms with E-state index < -0.39 is 5.91 Å². The van der Waals surface area contributed by atoms with Gasteiger partial charge in [-0.15, -0.1) is 0 Å². The van der Waals surface area contributed by atoms with Gasteiger partial charge in [0.1, 0.15) is 17.9 Å². The predicted molar refractivity (Wildman–Crippen MR) is 151 cm³/mol. The lowest BCUT2D eigenvalue weighted by molar-refractivity contribution is 0.0929. The zero-order valence-electron chi connectivity index (χ0n) is 20.9. The van der Waals surface area contributed by atoms with Crippen LogP contribution < -0.4 is 19.6 Å². The summed E-state index contributed by atoms with van der Waals surface area (Å²) in [6.45, 7) is 2.86. The number of amides is 1. The Morgan fingerprint density at radius 1 is 0.947 bits per heavy atom. The second-order valence-electron chi connectivity index (χ2n) is 8.44. The average molecular weight is 573 g/mol. The topological polar surface area (TPSA) is 82.3 Å². The highest BCUT2D eigenvalue weighted by Gasteiger charge is 2.13. The summed E-state index contributed by atoms with van der Waals surface area (Å²) in [5.41, 5.74) is 4.84. The first-order valence-corrected chi connectivity index (χ1v) is 12.8. The molecule has 0 aliphatic rings. The molecule has 0 saturated carbocycles. The van der Waals surface area contributed by atoms with Gasteiger partial charge in [0.25, 0.3) is 0 Å². The van der Waals surface area contributed by atoms with E-state index in [4.69, 9.17) is 18.6 Å². The van der Waals surface area contributed by atoms with Gasteiger partial charge in [-0.1, -0.05) is 36.4 Å². The molecule has 5 rings (SSSR count). The van der Waals surface area contributed by atoms with Crippen LogP contribution in [0.25, 0.3) is 21.7 Å². The second-order valence-corrected chi connectivity index (χ2v) is 9.29. The number of furan rings is 1. The smallest absolute Gasteiger partial charge is 0.307 e. The lowest BCUT2D eigenvalue weighted by atomic mass is 10.1. The van der Waals surface area contributed by atoms with Crippen molar-refractivity contribution in [2.75, 3.05) is 13.7 Å². The van der Waals surface area contributed by atoms with E-state index in [1.165, 1.54) is 11.6 Å². The van der Waals surface area contributed by atoms with Crippen LogP contribution in [0.15, 0.2) is 92.9 Å². The molecule has 192 valence electrons. The summed E-state index contributed by atoms with van der Waals surface area (Å²) in [5, 5.41) is 7.21. The number of methoxy groups -OCH3 is 1. The van der Waals surface area contributed by atoms with Crippen molar-refractivity contribution in [2.24, 2.45) is 5.10 Å². The maximum absolute atomic E-state index is 12.6. The van der Waals surface area contributed by atoms with Gasteiger partial charge in [-0.05, 0) is 81.7 Å². The number of fused-ring (bicyclic) bond motifs is 2. The fourth-order valence-corrected chi connectivity index (χ4v) is 4.44. The van der Waals surface area contributed by atoms with Crippen molar-refractivity contribution in [1.82, 2.24) is 5.43 Å². The number of benzene rings is 4. The molecule has 1 aromatic heterocycles. The molecule has 0 fully saturated rings. The fourth-order valence-electron chi connectivity index (χ4n) is 4.02. The number of hydrazone groups is 1. The van der Waals surface area contributed by atoms with Gasteiger partial charge in [-0.25, -0.2) is 5.43 Å². The zero-order valence-corrected chi connectivity index (χ0v) is 22.4. The van der Waals surface area contributed by atoms with Crippen molar-refractivity contribution in [2.45, 2.75) is 13.5 Å². The Labute approximate surface area is 228 Å². The van der Waals surface area contributed by atoms with Crippen LogP contribution in [0.2, 0.25) is 0 Å². The monoisotopic (exact) mass is 572 g/mol. The SMILES string of the molecule is CCOc1ccc2oc(C(=O)N/N=C/c3cc(OC)c(OCc4ccc5ccccc5c4)cc3Br)cc2c1. The summed E-state index contributed by atoms with van der Waals surface area (Å²) in [6.07, 6.45) is 1.52. The molecule has 1 N–H and O–H groups in total. The lowest BCUT2D eigenvalue weighted by Gasteiger charge is -2.13. The minimum Gasteiger partial charge on any atom is -0.494 e. The maximum Gasteiger partial charge on any atom is 0.307 e. The molecule has 0 spiro atoms. The summed E-state index contributed by atoms with van der Waals surface area (Å²) >= 11 is 3.55. The van der Waals surface area contributed by atoms with E-state index in [-0.39, 0.29) is 5.76 Å². The Bertz CT molecular complexity index is 1640. The van der Waals surface area contributed by atoms with Crippen molar-refractivity contribution in [3.8, 4) is 17.2 Å². The highest BCUT2D eigenvalue weighted by atomic mass is 79.9. The lowest BCUT2D eigenvalue weighted by Crippen LogP contribution is -2.16. The average Bonchev–Trinajstić information content (AvgIpc) is 3.36. The first-order valence-electron chi connectivity index (χ1n) is 12.0. The van der Waals surface area contributed by atoms with Crippen molar-refractivity contribution in [1.29, 1.82) is 0 Å². The van der Waals surface area contributed by atoms with Crippen LogP contribution in [0.3, 0.4) is 0 Å². The third-order valence-corrected chi connectivity index (χ3v) is 6.57. The molecule has 4 aromatic carbocycles. The van der Waals surface area contributed by atoms with Gasteiger partial charge in [-0.2, -0.15) is 5.10 Å². The van der Waals surface area contributed by atoms with Crippen LogP contribution in [-0.2, 0) is 6.61 Å². The molecule has 0 atom stereocenters. The van der Waals surface area contributed by atoms with E-state index in [0.29, 0.717) is 41.6 Å². The first-order chi connectivity index (χ1) is 18.5. The second kappa shape index (κ2) is 11.4. The van der Waals surface area contributed by atoms with Crippen molar-refractivity contribution >= 4 is 49.8 Å². The van der Waals surface area contributed by atoms with Crippen LogP contribution in [0.4, 0.5) is 0 Å².